The second kappa shape index (κ2) is 16.7. The standard InChI is InChI=1S/C13H18N2O.C10H11BrN2.C10H11Cl2N3/c1-9-6-11(16-3)7-10(2)12(9)8-13-14-4-5-15-13;11-9-4-2-1-3-8(9)7-10-12-5-6-13-10;11-7-3-6(4-8(12)10(7)13)5-9-14-1-2-15-9/h6-7H,4-5,8H2,1-3H3,(H,14,15);1-4H,5-7H2,(H,12,13);3-4H,1-2,5,13H2,(H,14,15). The minimum Gasteiger partial charge on any atom is -0.497 e. The maximum atomic E-state index is 5.93. The zero-order valence-corrected chi connectivity index (χ0v) is 28.5. The molecule has 0 aromatic heterocycles. The lowest BCUT2D eigenvalue weighted by molar-refractivity contribution is 0.414. The summed E-state index contributed by atoms with van der Waals surface area (Å²) in [5, 5.41) is 10.8. The average Bonchev–Trinajstić information content (AvgIpc) is 3.81. The Labute approximate surface area is 278 Å². The molecule has 0 bridgehead atoms. The Morgan fingerprint density at radius 2 is 1.27 bits per heavy atom. The summed E-state index contributed by atoms with van der Waals surface area (Å²) in [6, 6.07) is 16.1. The van der Waals surface area contributed by atoms with Crippen molar-refractivity contribution in [3.8, 4) is 5.75 Å². The molecule has 0 radical (unpaired) electrons. The molecule has 0 aliphatic carbocycles. The van der Waals surface area contributed by atoms with Crippen LogP contribution in [0.1, 0.15) is 27.8 Å². The van der Waals surface area contributed by atoms with Crippen molar-refractivity contribution in [2.45, 2.75) is 33.1 Å². The molecule has 44 heavy (non-hydrogen) atoms. The lowest BCUT2D eigenvalue weighted by Crippen LogP contribution is -2.21. The molecule has 0 unspecified atom stereocenters. The van der Waals surface area contributed by atoms with Crippen molar-refractivity contribution in [2.24, 2.45) is 15.0 Å². The number of benzene rings is 3. The SMILES string of the molecule is Brc1ccccc1CC1=NCCN1.COc1cc(C)c(CC2=NCCN2)c(C)c1.Nc1c(Cl)cc(CC2=NCCN2)cc1Cl. The first-order valence-corrected chi connectivity index (χ1v) is 16.2. The monoisotopic (exact) mass is 699 g/mol. The predicted octanol–water partition coefficient (Wildman–Crippen LogP) is 5.97. The van der Waals surface area contributed by atoms with Gasteiger partial charge < -0.3 is 26.4 Å². The van der Waals surface area contributed by atoms with E-state index in [-0.39, 0.29) is 0 Å². The fraction of sp³-hybridized carbons (Fsp3) is 0.364. The van der Waals surface area contributed by atoms with Crippen LogP contribution in [0.5, 0.6) is 5.75 Å². The van der Waals surface area contributed by atoms with Gasteiger partial charge in [-0.3, -0.25) is 15.0 Å². The van der Waals surface area contributed by atoms with Gasteiger partial charge in [0.1, 0.15) is 23.3 Å². The quantitative estimate of drug-likeness (QED) is 0.227. The number of hydrogen-bond acceptors (Lipinski definition) is 8. The largest absolute Gasteiger partial charge is 0.497 e. The first-order valence-electron chi connectivity index (χ1n) is 14.7. The smallest absolute Gasteiger partial charge is 0.119 e. The van der Waals surface area contributed by atoms with Crippen LogP contribution in [0.4, 0.5) is 5.69 Å². The third kappa shape index (κ3) is 9.87. The van der Waals surface area contributed by atoms with E-state index in [9.17, 15) is 0 Å². The number of rotatable bonds is 7. The fourth-order valence-corrected chi connectivity index (χ4v) is 5.93. The third-order valence-electron chi connectivity index (χ3n) is 7.31. The highest BCUT2D eigenvalue weighted by Crippen LogP contribution is 2.29. The predicted molar refractivity (Wildman–Crippen MR) is 190 cm³/mol. The molecule has 0 spiro atoms. The minimum atomic E-state index is 0.434. The van der Waals surface area contributed by atoms with Crippen LogP contribution in [0.15, 0.2) is 68.0 Å². The van der Waals surface area contributed by atoms with Gasteiger partial charge in [-0.05, 0) is 72.0 Å². The summed E-state index contributed by atoms with van der Waals surface area (Å²) >= 11 is 15.4. The molecular formula is C33H40BrCl2N7O. The molecule has 3 heterocycles. The summed E-state index contributed by atoms with van der Waals surface area (Å²) in [7, 11) is 1.70. The second-order valence-electron chi connectivity index (χ2n) is 10.6. The highest BCUT2D eigenvalue weighted by molar-refractivity contribution is 9.10. The van der Waals surface area contributed by atoms with Crippen LogP contribution < -0.4 is 26.4 Å². The molecular weight excluding hydrogens is 661 g/mol. The number of nitrogens with one attached hydrogen (secondary N) is 3. The average molecular weight is 702 g/mol. The van der Waals surface area contributed by atoms with Gasteiger partial charge in [0.2, 0.25) is 0 Å². The number of methoxy groups -OCH3 is 1. The number of hydrogen-bond donors (Lipinski definition) is 4. The van der Waals surface area contributed by atoms with Gasteiger partial charge in [-0.2, -0.15) is 0 Å². The summed E-state index contributed by atoms with van der Waals surface area (Å²) in [5.74, 6) is 4.12. The van der Waals surface area contributed by atoms with Crippen molar-refractivity contribution < 1.29 is 4.74 Å². The van der Waals surface area contributed by atoms with Crippen molar-refractivity contribution >= 4 is 62.3 Å². The molecule has 0 saturated heterocycles. The maximum absolute atomic E-state index is 5.93. The van der Waals surface area contributed by atoms with E-state index in [1.165, 1.54) is 22.3 Å². The first kappa shape index (κ1) is 33.6. The van der Waals surface area contributed by atoms with Gasteiger partial charge in [0.15, 0.2) is 0 Å². The molecule has 0 amide bonds. The molecule has 0 atom stereocenters. The van der Waals surface area contributed by atoms with Crippen molar-refractivity contribution in [1.82, 2.24) is 16.0 Å². The summed E-state index contributed by atoms with van der Waals surface area (Å²) in [6.07, 6.45) is 2.53. The maximum Gasteiger partial charge on any atom is 0.119 e. The molecule has 8 nitrogen and oxygen atoms in total. The highest BCUT2D eigenvalue weighted by atomic mass is 79.9. The van der Waals surface area contributed by atoms with Crippen LogP contribution in [-0.4, -0.2) is 63.9 Å². The van der Waals surface area contributed by atoms with E-state index in [1.54, 1.807) is 7.11 Å². The Balaban J connectivity index is 0.000000151. The van der Waals surface area contributed by atoms with E-state index < -0.39 is 0 Å². The van der Waals surface area contributed by atoms with Crippen LogP contribution >= 0.6 is 39.1 Å². The lowest BCUT2D eigenvalue weighted by atomic mass is 9.99. The zero-order chi connectivity index (χ0) is 31.5. The Morgan fingerprint density at radius 3 is 1.75 bits per heavy atom. The van der Waals surface area contributed by atoms with Gasteiger partial charge in [-0.15, -0.1) is 0 Å². The Morgan fingerprint density at radius 1 is 0.773 bits per heavy atom. The van der Waals surface area contributed by atoms with Gasteiger partial charge in [0.25, 0.3) is 0 Å². The van der Waals surface area contributed by atoms with Crippen LogP contribution in [0.25, 0.3) is 0 Å². The van der Waals surface area contributed by atoms with Crippen LogP contribution in [0.3, 0.4) is 0 Å². The molecule has 0 fully saturated rings. The van der Waals surface area contributed by atoms with E-state index >= 15 is 0 Å². The zero-order valence-electron chi connectivity index (χ0n) is 25.4. The second-order valence-corrected chi connectivity index (χ2v) is 12.3. The van der Waals surface area contributed by atoms with Crippen LogP contribution in [0, 0.1) is 13.8 Å². The van der Waals surface area contributed by atoms with E-state index in [0.717, 1.165) is 91.8 Å². The van der Waals surface area contributed by atoms with Crippen LogP contribution in [0.2, 0.25) is 10.0 Å². The molecule has 3 aliphatic heterocycles. The number of anilines is 1. The van der Waals surface area contributed by atoms with Crippen molar-refractivity contribution in [2.75, 3.05) is 52.1 Å². The van der Waals surface area contributed by atoms with Crippen molar-refractivity contribution in [1.29, 1.82) is 0 Å². The number of aryl methyl sites for hydroxylation is 2. The normalized spacial score (nSPS) is 14.9. The van der Waals surface area contributed by atoms with E-state index in [0.29, 0.717) is 15.7 Å². The molecule has 3 aromatic carbocycles. The number of nitrogens with zero attached hydrogens (tertiary/aromatic N) is 3. The molecule has 6 rings (SSSR count). The van der Waals surface area contributed by atoms with Crippen molar-refractivity contribution in [3.05, 3.63) is 90.9 Å². The van der Waals surface area contributed by atoms with E-state index in [2.05, 4.69) is 91.0 Å². The van der Waals surface area contributed by atoms with Gasteiger partial charge in [-0.25, -0.2) is 0 Å². The molecule has 11 heteroatoms. The molecule has 3 aromatic rings. The van der Waals surface area contributed by atoms with E-state index in [1.807, 2.05) is 18.2 Å². The summed E-state index contributed by atoms with van der Waals surface area (Å²) in [4.78, 5) is 13.1. The summed E-state index contributed by atoms with van der Waals surface area (Å²) in [6.45, 7) is 9.78. The Kier molecular flexibility index (Phi) is 12.8. The Bertz CT molecular complexity index is 1490. The van der Waals surface area contributed by atoms with Gasteiger partial charge in [0.05, 0.1) is 42.5 Å². The number of halogens is 3. The van der Waals surface area contributed by atoms with Gasteiger partial charge in [0, 0.05) is 43.4 Å². The number of amidine groups is 3. The minimum absolute atomic E-state index is 0.434. The van der Waals surface area contributed by atoms with E-state index in [4.69, 9.17) is 33.7 Å². The number of aliphatic imine (C=N–C) groups is 3. The third-order valence-corrected chi connectivity index (χ3v) is 8.71. The summed E-state index contributed by atoms with van der Waals surface area (Å²) in [5.41, 5.74) is 12.3. The Hall–Kier alpha value is -3.27. The van der Waals surface area contributed by atoms with Crippen molar-refractivity contribution in [3.63, 3.8) is 0 Å². The molecule has 3 aliphatic rings. The number of nitrogens with two attached hydrogens (primary N) is 1. The van der Waals surface area contributed by atoms with Crippen LogP contribution in [-0.2, 0) is 19.3 Å². The molecule has 0 saturated carbocycles. The molecule has 5 N–H and O–H groups in total. The fourth-order valence-electron chi connectivity index (χ4n) is 4.97. The summed E-state index contributed by atoms with van der Waals surface area (Å²) < 4.78 is 6.41. The number of nitrogen functional groups attached to an aromatic ring is 1. The van der Waals surface area contributed by atoms with Gasteiger partial charge >= 0.3 is 0 Å². The topological polar surface area (TPSA) is 108 Å². The molecule has 234 valence electrons. The van der Waals surface area contributed by atoms with Gasteiger partial charge in [-0.1, -0.05) is 57.3 Å². The first-order chi connectivity index (χ1) is 21.2. The highest BCUT2D eigenvalue weighted by Gasteiger charge is 2.12. The number of ether oxygens (including phenoxy) is 1. The lowest BCUT2D eigenvalue weighted by Gasteiger charge is -2.12.